The molecule has 0 aromatic heterocycles. The van der Waals surface area contributed by atoms with Crippen molar-refractivity contribution in [1.29, 1.82) is 0 Å². The number of carbonyl (C=O) groups is 3. The molecule has 0 saturated heterocycles. The van der Waals surface area contributed by atoms with Gasteiger partial charge in [-0.1, -0.05) is 17.7 Å². The Morgan fingerprint density at radius 3 is 1.97 bits per heavy atom. The molecule has 0 bridgehead atoms. The first-order chi connectivity index (χ1) is 14.9. The fourth-order valence-electron chi connectivity index (χ4n) is 2.37. The average molecular weight is 498 g/mol. The van der Waals surface area contributed by atoms with E-state index in [0.717, 1.165) is 5.56 Å². The van der Waals surface area contributed by atoms with Crippen LogP contribution in [0.25, 0.3) is 0 Å². The number of carbonyl (C=O) groups excluding carboxylic acids is 2. The van der Waals surface area contributed by atoms with Gasteiger partial charge in [-0.05, 0) is 39.8 Å². The van der Waals surface area contributed by atoms with Crippen LogP contribution in [0.2, 0.25) is 0 Å². The minimum absolute atomic E-state index is 0.135. The highest BCUT2D eigenvalue weighted by atomic mass is 32.2. The van der Waals surface area contributed by atoms with Gasteiger partial charge in [0.15, 0.2) is 9.84 Å². The number of rotatable bonds is 8. The second-order valence-corrected chi connectivity index (χ2v) is 10.2. The summed E-state index contributed by atoms with van der Waals surface area (Å²) in [6.45, 7) is 7.76. The molecule has 0 aliphatic carbocycles. The van der Waals surface area contributed by atoms with Gasteiger partial charge in [0.2, 0.25) is 11.8 Å². The molecule has 5 N–H and O–H groups in total. The number of hydrogen-bond donors (Lipinski definition) is 4. The number of sulfone groups is 1. The van der Waals surface area contributed by atoms with Gasteiger partial charge in [0.05, 0.1) is 16.6 Å². The summed E-state index contributed by atoms with van der Waals surface area (Å²) in [5.41, 5.74) is 5.85. The zero-order valence-corrected chi connectivity index (χ0v) is 19.6. The van der Waals surface area contributed by atoms with E-state index >= 15 is 0 Å². The fraction of sp³-hybridized carbons (Fsp3) is 0.550. The van der Waals surface area contributed by atoms with Gasteiger partial charge in [0.1, 0.15) is 0 Å². The van der Waals surface area contributed by atoms with Crippen LogP contribution in [0.4, 0.5) is 13.2 Å². The number of alkyl halides is 3. The van der Waals surface area contributed by atoms with Gasteiger partial charge >= 0.3 is 12.1 Å². The highest BCUT2D eigenvalue weighted by molar-refractivity contribution is 7.91. The van der Waals surface area contributed by atoms with Gasteiger partial charge in [0, 0.05) is 25.0 Å². The molecular weight excluding hydrogens is 467 g/mol. The molecule has 9 nitrogen and oxygen atoms in total. The van der Waals surface area contributed by atoms with Crippen LogP contribution in [-0.2, 0) is 24.2 Å². The standard InChI is InChI=1S/C18H29N3O4S.C2HF3O2/c1-13-5-7-15(8-6-13)26(24,25)12-14(17(23)20-10-9-19)11-16(22)21-18(2,3)4;3-2(4,5)1(6)7/h5-8,14H,9-12,19H2,1-4H3,(H,20,23)(H,21,22);(H,6,7)/t14-;/m1./s1. The maximum atomic E-state index is 12.7. The van der Waals surface area contributed by atoms with Gasteiger partial charge in [-0.15, -0.1) is 0 Å². The van der Waals surface area contributed by atoms with Crippen molar-refractivity contribution in [1.82, 2.24) is 10.6 Å². The smallest absolute Gasteiger partial charge is 0.475 e. The van der Waals surface area contributed by atoms with Crippen molar-refractivity contribution in [2.75, 3.05) is 18.8 Å². The van der Waals surface area contributed by atoms with Gasteiger partial charge in [0.25, 0.3) is 0 Å². The van der Waals surface area contributed by atoms with Crippen LogP contribution in [0.1, 0.15) is 32.8 Å². The maximum Gasteiger partial charge on any atom is 0.490 e. The Kier molecular flexibility index (Phi) is 11.5. The van der Waals surface area contributed by atoms with E-state index < -0.39 is 45.1 Å². The first kappa shape index (κ1) is 30.3. The Morgan fingerprint density at radius 2 is 1.58 bits per heavy atom. The lowest BCUT2D eigenvalue weighted by Gasteiger charge is -2.23. The van der Waals surface area contributed by atoms with E-state index in [0.29, 0.717) is 0 Å². The minimum atomic E-state index is -5.08. The molecular formula is C20H30F3N3O6S. The summed E-state index contributed by atoms with van der Waals surface area (Å²) < 4.78 is 57.1. The molecule has 0 aliphatic heterocycles. The number of aryl methyl sites for hydroxylation is 1. The molecule has 33 heavy (non-hydrogen) atoms. The molecule has 188 valence electrons. The summed E-state index contributed by atoms with van der Waals surface area (Å²) >= 11 is 0. The number of carboxylic acid groups (broad SMARTS) is 1. The van der Waals surface area contributed by atoms with Crippen LogP contribution in [0.5, 0.6) is 0 Å². The Balaban J connectivity index is 0.00000126. The van der Waals surface area contributed by atoms with Crippen molar-refractivity contribution >= 4 is 27.6 Å². The van der Waals surface area contributed by atoms with Gasteiger partial charge in [-0.25, -0.2) is 13.2 Å². The van der Waals surface area contributed by atoms with E-state index in [4.69, 9.17) is 15.6 Å². The number of nitrogens with two attached hydrogens (primary N) is 1. The molecule has 0 radical (unpaired) electrons. The van der Waals surface area contributed by atoms with Crippen LogP contribution in [0.15, 0.2) is 29.2 Å². The van der Waals surface area contributed by atoms with Crippen molar-refractivity contribution in [2.45, 2.75) is 50.7 Å². The number of amides is 2. The summed E-state index contributed by atoms with van der Waals surface area (Å²) in [6.07, 6.45) is -5.29. The summed E-state index contributed by atoms with van der Waals surface area (Å²) in [5, 5.41) is 12.5. The predicted molar refractivity (Wildman–Crippen MR) is 115 cm³/mol. The lowest BCUT2D eigenvalue weighted by Crippen LogP contribution is -2.44. The summed E-state index contributed by atoms with van der Waals surface area (Å²) in [4.78, 5) is 33.6. The molecule has 0 saturated carbocycles. The summed E-state index contributed by atoms with van der Waals surface area (Å²) in [5.74, 6) is -5.05. The highest BCUT2D eigenvalue weighted by Crippen LogP contribution is 2.18. The van der Waals surface area contributed by atoms with E-state index in [1.807, 2.05) is 27.7 Å². The normalized spacial score (nSPS) is 12.7. The van der Waals surface area contributed by atoms with E-state index in [1.54, 1.807) is 12.1 Å². The number of carboxylic acids is 1. The molecule has 1 aromatic carbocycles. The third-order valence-electron chi connectivity index (χ3n) is 3.80. The third-order valence-corrected chi connectivity index (χ3v) is 5.64. The molecule has 13 heteroatoms. The zero-order chi connectivity index (χ0) is 26.0. The Hall–Kier alpha value is -2.67. The number of hydrogen-bond acceptors (Lipinski definition) is 6. The van der Waals surface area contributed by atoms with E-state index in [2.05, 4.69) is 10.6 Å². The zero-order valence-electron chi connectivity index (χ0n) is 18.8. The molecule has 0 unspecified atom stereocenters. The average Bonchev–Trinajstić information content (AvgIpc) is 2.64. The molecule has 2 amide bonds. The van der Waals surface area contributed by atoms with Crippen molar-refractivity contribution in [3.8, 4) is 0 Å². The molecule has 1 atom stereocenters. The van der Waals surface area contributed by atoms with E-state index in [1.165, 1.54) is 12.1 Å². The quantitative estimate of drug-likeness (QED) is 0.423. The lowest BCUT2D eigenvalue weighted by atomic mass is 10.0. The SMILES string of the molecule is Cc1ccc(S(=O)(=O)C[C@@H](CC(=O)NC(C)(C)C)C(=O)NCCN)cc1.O=C(O)C(F)(F)F. The molecule has 0 heterocycles. The minimum Gasteiger partial charge on any atom is -0.475 e. The van der Waals surface area contributed by atoms with E-state index in [-0.39, 0.29) is 30.3 Å². The second kappa shape index (κ2) is 12.5. The summed E-state index contributed by atoms with van der Waals surface area (Å²) in [6, 6.07) is 6.41. The number of nitrogens with one attached hydrogen (secondary N) is 2. The largest absolute Gasteiger partial charge is 0.490 e. The van der Waals surface area contributed by atoms with Crippen LogP contribution in [-0.4, -0.2) is 61.9 Å². The molecule has 0 aliphatic rings. The van der Waals surface area contributed by atoms with Crippen molar-refractivity contribution in [3.05, 3.63) is 29.8 Å². The van der Waals surface area contributed by atoms with Crippen LogP contribution in [0.3, 0.4) is 0 Å². The summed E-state index contributed by atoms with van der Waals surface area (Å²) in [7, 11) is -3.71. The van der Waals surface area contributed by atoms with E-state index in [9.17, 15) is 31.2 Å². The Bertz CT molecular complexity index is 910. The first-order valence-electron chi connectivity index (χ1n) is 9.77. The molecule has 0 fully saturated rings. The van der Waals surface area contributed by atoms with Crippen LogP contribution < -0.4 is 16.4 Å². The number of benzene rings is 1. The molecule has 1 rings (SSSR count). The van der Waals surface area contributed by atoms with Crippen molar-refractivity contribution in [2.24, 2.45) is 11.7 Å². The Labute approximate surface area is 190 Å². The molecule has 0 spiro atoms. The second-order valence-electron chi connectivity index (χ2n) is 8.18. The van der Waals surface area contributed by atoms with Gasteiger partial charge < -0.3 is 21.5 Å². The van der Waals surface area contributed by atoms with Crippen molar-refractivity contribution < 1.29 is 41.1 Å². The lowest BCUT2D eigenvalue weighted by molar-refractivity contribution is -0.192. The Morgan fingerprint density at radius 1 is 1.09 bits per heavy atom. The number of aliphatic carboxylic acids is 1. The predicted octanol–water partition coefficient (Wildman–Crippen LogP) is 1.40. The van der Waals surface area contributed by atoms with Gasteiger partial charge in [-0.2, -0.15) is 13.2 Å². The number of halogens is 3. The highest BCUT2D eigenvalue weighted by Gasteiger charge is 2.38. The van der Waals surface area contributed by atoms with Crippen molar-refractivity contribution in [3.63, 3.8) is 0 Å². The van der Waals surface area contributed by atoms with Crippen LogP contribution in [0, 0.1) is 12.8 Å². The van der Waals surface area contributed by atoms with Crippen LogP contribution >= 0.6 is 0 Å². The first-order valence-corrected chi connectivity index (χ1v) is 11.4. The topological polar surface area (TPSA) is 156 Å². The fourth-order valence-corrected chi connectivity index (χ4v) is 3.91. The maximum absolute atomic E-state index is 12.7. The third kappa shape index (κ3) is 12.8. The molecule has 1 aromatic rings. The monoisotopic (exact) mass is 497 g/mol. The van der Waals surface area contributed by atoms with Gasteiger partial charge in [-0.3, -0.25) is 9.59 Å².